The molecule has 4 amide bonds. The number of carbonyl (C=O) groups is 4. The minimum Gasteiger partial charge on any atom is -0.485 e. The number of fused-ring (bicyclic) bond motifs is 3. The fraction of sp³-hybridized carbons (Fsp3) is 0.467. The Labute approximate surface area is 261 Å². The lowest BCUT2D eigenvalue weighted by molar-refractivity contribution is -0.123. The van der Waals surface area contributed by atoms with Gasteiger partial charge >= 0.3 is 12.2 Å². The van der Waals surface area contributed by atoms with Gasteiger partial charge in [-0.3, -0.25) is 9.59 Å². The van der Waals surface area contributed by atoms with Crippen LogP contribution in [0.2, 0.25) is 0 Å². The fourth-order valence-electron chi connectivity index (χ4n) is 5.20. The molecular formula is C30H32N2O10S2. The van der Waals surface area contributed by atoms with E-state index in [0.717, 1.165) is 19.6 Å². The lowest BCUT2D eigenvalue weighted by Crippen LogP contribution is -2.40. The van der Waals surface area contributed by atoms with Crippen molar-refractivity contribution in [3.8, 4) is 23.0 Å². The Hall–Kier alpha value is -4.04. The summed E-state index contributed by atoms with van der Waals surface area (Å²) in [6, 6.07) is 0. The predicted molar refractivity (Wildman–Crippen MR) is 160 cm³/mol. The Morgan fingerprint density at radius 2 is 0.932 bits per heavy atom. The average molecular weight is 645 g/mol. The molecule has 14 heteroatoms. The zero-order chi connectivity index (χ0) is 31.9. The van der Waals surface area contributed by atoms with Crippen LogP contribution < -0.4 is 18.9 Å². The second-order valence-corrected chi connectivity index (χ2v) is 14.8. The summed E-state index contributed by atoms with van der Waals surface area (Å²) in [5, 5.41) is 0. The van der Waals surface area contributed by atoms with Gasteiger partial charge in [-0.15, -0.1) is 22.7 Å². The number of thiophene rings is 2. The Morgan fingerprint density at radius 3 is 1.25 bits per heavy atom. The number of hydrogen-bond acceptors (Lipinski definition) is 12. The molecular weight excluding hydrogens is 612 g/mol. The van der Waals surface area contributed by atoms with E-state index in [0.29, 0.717) is 46.0 Å². The lowest BCUT2D eigenvalue weighted by atomic mass is 10.1. The molecule has 12 nitrogen and oxygen atoms in total. The van der Waals surface area contributed by atoms with E-state index in [4.69, 9.17) is 28.4 Å². The van der Waals surface area contributed by atoms with Gasteiger partial charge in [0, 0.05) is 9.75 Å². The summed E-state index contributed by atoms with van der Waals surface area (Å²) in [4.78, 5) is 60.3. The molecule has 6 rings (SSSR count). The molecule has 0 saturated heterocycles. The standard InChI is InChI=1S/C30H32N2O10S2/c1-13-19-21(39-11-9-37-19)23(43-13)17-15-16(26(34)31(17)27(35)41-29(3,4)5)18(32(25(15)33)28(36)42-30(6,7)8)24-22-20(14(2)44-24)38-10-12-40-22/h9-12H2,1-8H3. The van der Waals surface area contributed by atoms with Gasteiger partial charge in [-0.1, -0.05) is 0 Å². The van der Waals surface area contributed by atoms with E-state index in [2.05, 4.69) is 0 Å². The smallest absolute Gasteiger partial charge is 0.422 e. The van der Waals surface area contributed by atoms with Crippen molar-refractivity contribution in [2.24, 2.45) is 0 Å². The molecule has 0 aromatic carbocycles. The van der Waals surface area contributed by atoms with Gasteiger partial charge < -0.3 is 28.4 Å². The predicted octanol–water partition coefficient (Wildman–Crippen LogP) is 5.65. The van der Waals surface area contributed by atoms with Gasteiger partial charge in [0.1, 0.15) is 37.6 Å². The largest absolute Gasteiger partial charge is 0.485 e. The van der Waals surface area contributed by atoms with Crippen LogP contribution in [0, 0.1) is 13.8 Å². The number of rotatable bonds is 2. The lowest BCUT2D eigenvalue weighted by Gasteiger charge is -2.27. The summed E-state index contributed by atoms with van der Waals surface area (Å²) < 4.78 is 34.9. The van der Waals surface area contributed by atoms with E-state index in [1.165, 1.54) is 22.7 Å². The van der Waals surface area contributed by atoms with Crippen molar-refractivity contribution in [1.29, 1.82) is 0 Å². The van der Waals surface area contributed by atoms with E-state index in [1.807, 2.05) is 13.8 Å². The molecule has 0 N–H and O–H groups in total. The van der Waals surface area contributed by atoms with Gasteiger partial charge in [0.05, 0.1) is 32.3 Å². The number of imide groups is 2. The first-order chi connectivity index (χ1) is 20.6. The van der Waals surface area contributed by atoms with Gasteiger partial charge in [-0.2, -0.15) is 0 Å². The van der Waals surface area contributed by atoms with Crippen LogP contribution in [-0.2, 0) is 19.1 Å². The van der Waals surface area contributed by atoms with E-state index >= 15 is 0 Å². The van der Waals surface area contributed by atoms with Crippen LogP contribution in [0.15, 0.2) is 11.1 Å². The maximum atomic E-state index is 14.5. The second-order valence-electron chi connectivity index (χ2n) is 12.4. The van der Waals surface area contributed by atoms with Crippen LogP contribution in [0.1, 0.15) is 61.1 Å². The van der Waals surface area contributed by atoms with Gasteiger partial charge in [-0.25, -0.2) is 19.4 Å². The Bertz CT molecular complexity index is 1570. The maximum absolute atomic E-state index is 14.5. The van der Waals surface area contributed by atoms with Gasteiger partial charge in [0.15, 0.2) is 23.0 Å². The summed E-state index contributed by atoms with van der Waals surface area (Å²) >= 11 is 2.40. The number of hydrogen-bond donors (Lipinski definition) is 0. The normalized spacial score (nSPS) is 17.9. The first-order valence-electron chi connectivity index (χ1n) is 14.0. The number of carbonyl (C=O) groups excluding carboxylic acids is 4. The Kier molecular flexibility index (Phi) is 7.00. The molecule has 0 aliphatic carbocycles. The van der Waals surface area contributed by atoms with Crippen LogP contribution in [0.25, 0.3) is 11.4 Å². The van der Waals surface area contributed by atoms with Crippen molar-refractivity contribution in [3.63, 3.8) is 0 Å². The molecule has 0 spiro atoms. The molecule has 4 aliphatic rings. The number of amides is 4. The van der Waals surface area contributed by atoms with E-state index in [-0.39, 0.29) is 35.8 Å². The van der Waals surface area contributed by atoms with Crippen LogP contribution in [0.4, 0.5) is 9.59 Å². The molecule has 2 aromatic heterocycles. The molecule has 4 aliphatic heterocycles. The Balaban J connectivity index is 1.66. The zero-order valence-corrected chi connectivity index (χ0v) is 27.3. The van der Waals surface area contributed by atoms with Crippen molar-refractivity contribution in [3.05, 3.63) is 30.7 Å². The van der Waals surface area contributed by atoms with Gasteiger partial charge in [-0.05, 0) is 55.4 Å². The summed E-state index contributed by atoms with van der Waals surface area (Å²) in [6.45, 7) is 14.7. The molecule has 0 unspecified atom stereocenters. The second kappa shape index (κ2) is 10.3. The van der Waals surface area contributed by atoms with Crippen molar-refractivity contribution in [2.75, 3.05) is 26.4 Å². The summed E-state index contributed by atoms with van der Waals surface area (Å²) in [5.74, 6) is -0.161. The number of ether oxygens (including phenoxy) is 6. The molecule has 0 atom stereocenters. The Morgan fingerprint density at radius 1 is 0.614 bits per heavy atom. The van der Waals surface area contributed by atoms with Crippen molar-refractivity contribution >= 4 is 58.1 Å². The third-order valence-electron chi connectivity index (χ3n) is 6.71. The van der Waals surface area contributed by atoms with Crippen molar-refractivity contribution in [1.82, 2.24) is 9.80 Å². The molecule has 2 aromatic rings. The monoisotopic (exact) mass is 644 g/mol. The highest BCUT2D eigenvalue weighted by molar-refractivity contribution is 7.14. The molecule has 0 fully saturated rings. The highest BCUT2D eigenvalue weighted by atomic mass is 32.1. The quantitative estimate of drug-likeness (QED) is 0.405. The van der Waals surface area contributed by atoms with E-state index < -0.39 is 35.2 Å². The van der Waals surface area contributed by atoms with Crippen molar-refractivity contribution < 1.29 is 47.6 Å². The van der Waals surface area contributed by atoms with Gasteiger partial charge in [0.25, 0.3) is 11.8 Å². The maximum Gasteiger partial charge on any atom is 0.422 e. The third kappa shape index (κ3) is 4.80. The zero-order valence-electron chi connectivity index (χ0n) is 25.6. The minimum absolute atomic E-state index is 0.0491. The molecule has 6 heterocycles. The fourth-order valence-corrected chi connectivity index (χ4v) is 7.37. The SMILES string of the molecule is Cc1sc(C2=C3C(=O)N(C(=O)OC(C)(C)C)C(c4sc(C)c5c4OCCO5)=C3C(=O)N2C(=O)OC(C)(C)C)c2c1OCCO2. The van der Waals surface area contributed by atoms with Crippen LogP contribution >= 0.6 is 22.7 Å². The minimum atomic E-state index is -0.983. The van der Waals surface area contributed by atoms with Crippen molar-refractivity contribution in [2.45, 2.75) is 66.6 Å². The molecule has 0 radical (unpaired) electrons. The topological polar surface area (TPSA) is 130 Å². The first kappa shape index (κ1) is 30.0. The summed E-state index contributed by atoms with van der Waals surface area (Å²) in [6.07, 6.45) is -1.97. The molecule has 44 heavy (non-hydrogen) atoms. The number of aryl methyl sites for hydroxylation is 2. The molecule has 0 bridgehead atoms. The molecule has 0 saturated carbocycles. The average Bonchev–Trinajstić information content (AvgIpc) is 3.61. The first-order valence-corrected chi connectivity index (χ1v) is 15.6. The van der Waals surface area contributed by atoms with E-state index in [1.54, 1.807) is 41.5 Å². The summed E-state index contributed by atoms with van der Waals surface area (Å²) in [7, 11) is 0. The summed E-state index contributed by atoms with van der Waals surface area (Å²) in [5.41, 5.74) is -2.34. The number of nitrogens with zero attached hydrogens (tertiary/aromatic N) is 2. The van der Waals surface area contributed by atoms with Crippen LogP contribution in [0.3, 0.4) is 0 Å². The van der Waals surface area contributed by atoms with E-state index in [9.17, 15) is 19.2 Å². The third-order valence-corrected chi connectivity index (χ3v) is 8.86. The van der Waals surface area contributed by atoms with Gasteiger partial charge in [0.2, 0.25) is 0 Å². The molecule has 234 valence electrons. The van der Waals surface area contributed by atoms with Crippen LogP contribution in [-0.4, -0.2) is 71.4 Å². The highest BCUT2D eigenvalue weighted by Gasteiger charge is 2.56. The van der Waals surface area contributed by atoms with Crippen LogP contribution in [0.5, 0.6) is 23.0 Å². The highest BCUT2D eigenvalue weighted by Crippen LogP contribution is 2.57.